The lowest BCUT2D eigenvalue weighted by atomic mass is 10.1. The van der Waals surface area contributed by atoms with Crippen LogP contribution in [0, 0.1) is 5.82 Å². The fourth-order valence-electron chi connectivity index (χ4n) is 4.85. The molecule has 5 rings (SSSR count). The molecular weight excluding hydrogens is 463 g/mol. The molecule has 2 aliphatic rings. The summed E-state index contributed by atoms with van der Waals surface area (Å²) >= 11 is 5.89. The van der Waals surface area contributed by atoms with Gasteiger partial charge in [-0.2, -0.15) is 9.97 Å². The van der Waals surface area contributed by atoms with Crippen LogP contribution in [0.5, 0.6) is 0 Å². The number of fused-ring (bicyclic) bond motifs is 4. The Hall–Kier alpha value is -3.05. The minimum absolute atomic E-state index is 0.0949. The van der Waals surface area contributed by atoms with E-state index in [2.05, 4.69) is 24.8 Å². The molecule has 0 aliphatic carbocycles. The SMILES string of the molecule is CN(C)CCN(C)c1nc(N2CC3CC[C@@H](C2)N3C(=O)O)c2cc3cnc(Cl)c(F)c3nc2n1. The molecule has 12 heteroatoms. The van der Waals surface area contributed by atoms with Crippen molar-refractivity contribution >= 4 is 51.4 Å². The molecule has 1 N–H and O–H groups in total. The smallest absolute Gasteiger partial charge is 0.407 e. The van der Waals surface area contributed by atoms with Gasteiger partial charge in [0.05, 0.1) is 17.5 Å². The van der Waals surface area contributed by atoms with E-state index in [1.165, 1.54) is 6.20 Å². The minimum Gasteiger partial charge on any atom is -0.465 e. The molecule has 0 radical (unpaired) electrons. The first-order valence-corrected chi connectivity index (χ1v) is 11.5. The summed E-state index contributed by atoms with van der Waals surface area (Å²) in [5.41, 5.74) is 0.466. The van der Waals surface area contributed by atoms with Crippen LogP contribution >= 0.6 is 11.6 Å². The second-order valence-corrected chi connectivity index (χ2v) is 9.57. The number of pyridine rings is 2. The Morgan fingerprint density at radius 3 is 2.53 bits per heavy atom. The van der Waals surface area contributed by atoms with Crippen LogP contribution in [0.1, 0.15) is 12.8 Å². The van der Waals surface area contributed by atoms with Crippen molar-refractivity contribution in [1.82, 2.24) is 29.7 Å². The Balaban J connectivity index is 1.63. The van der Waals surface area contributed by atoms with Gasteiger partial charge in [-0.15, -0.1) is 0 Å². The number of halogens is 2. The molecule has 1 amide bonds. The first-order valence-electron chi connectivity index (χ1n) is 11.2. The number of amides is 1. The van der Waals surface area contributed by atoms with Crippen LogP contribution < -0.4 is 9.80 Å². The number of rotatable bonds is 5. The van der Waals surface area contributed by atoms with Gasteiger partial charge in [0.15, 0.2) is 16.6 Å². The highest BCUT2D eigenvalue weighted by molar-refractivity contribution is 6.30. The standard InChI is InChI=1S/C22H26ClFN8O2/c1-29(2)6-7-30(3)21-27-19-15(8-12-9-25-18(23)16(24)17(12)26-19)20(28-21)31-10-13-4-5-14(11-31)32(13)22(33)34/h8-9,13-14H,4-7,10-11H2,1-3H3,(H,33,34)/t13-,14?/m0/s1. The lowest BCUT2D eigenvalue weighted by Crippen LogP contribution is -2.55. The number of hydrogen-bond acceptors (Lipinski definition) is 8. The van der Waals surface area contributed by atoms with E-state index < -0.39 is 11.9 Å². The molecule has 0 saturated carbocycles. The lowest BCUT2D eigenvalue weighted by molar-refractivity contribution is 0.114. The normalized spacial score (nSPS) is 20.1. The predicted octanol–water partition coefficient (Wildman–Crippen LogP) is 2.69. The molecule has 3 aromatic heterocycles. The maximum Gasteiger partial charge on any atom is 0.407 e. The number of anilines is 2. The van der Waals surface area contributed by atoms with Gasteiger partial charge in [-0.25, -0.2) is 19.2 Å². The van der Waals surface area contributed by atoms with Crippen molar-refractivity contribution < 1.29 is 14.3 Å². The number of hydrogen-bond donors (Lipinski definition) is 1. The van der Waals surface area contributed by atoms with Crippen LogP contribution in [0.3, 0.4) is 0 Å². The van der Waals surface area contributed by atoms with Crippen LogP contribution in [-0.2, 0) is 0 Å². The zero-order valence-electron chi connectivity index (χ0n) is 19.2. The Morgan fingerprint density at radius 1 is 1.18 bits per heavy atom. The van der Waals surface area contributed by atoms with Crippen LogP contribution in [-0.4, -0.2) is 100 Å². The number of aromatic nitrogens is 4. The molecule has 2 fully saturated rings. The molecule has 34 heavy (non-hydrogen) atoms. The number of piperazine rings is 1. The van der Waals surface area contributed by atoms with Crippen LogP contribution in [0.15, 0.2) is 12.3 Å². The molecule has 5 heterocycles. The van der Waals surface area contributed by atoms with Crippen LogP contribution in [0.4, 0.5) is 21.0 Å². The van der Waals surface area contributed by atoms with Crippen molar-refractivity contribution in [3.63, 3.8) is 0 Å². The molecular formula is C22H26ClFN8O2. The summed E-state index contributed by atoms with van der Waals surface area (Å²) in [6.07, 6.45) is 2.25. The average Bonchev–Trinajstić information content (AvgIpc) is 3.08. The molecule has 2 atom stereocenters. The van der Waals surface area contributed by atoms with Gasteiger partial charge < -0.3 is 19.8 Å². The average molecular weight is 489 g/mol. The minimum atomic E-state index is -0.880. The van der Waals surface area contributed by atoms with Gasteiger partial charge in [0, 0.05) is 44.8 Å². The summed E-state index contributed by atoms with van der Waals surface area (Å²) < 4.78 is 14.7. The zero-order valence-corrected chi connectivity index (χ0v) is 20.0. The molecule has 2 bridgehead atoms. The molecule has 2 aliphatic heterocycles. The quantitative estimate of drug-likeness (QED) is 0.429. The van der Waals surface area contributed by atoms with Crippen molar-refractivity contribution in [3.8, 4) is 0 Å². The maximum atomic E-state index is 14.7. The van der Waals surface area contributed by atoms with Gasteiger partial charge in [0.25, 0.3) is 0 Å². The highest BCUT2D eigenvalue weighted by atomic mass is 35.5. The Labute approximate surface area is 201 Å². The molecule has 180 valence electrons. The van der Waals surface area contributed by atoms with Gasteiger partial charge >= 0.3 is 6.09 Å². The molecule has 3 aromatic rings. The summed E-state index contributed by atoms with van der Waals surface area (Å²) in [6, 6.07) is 1.60. The lowest BCUT2D eigenvalue weighted by Gasteiger charge is -2.40. The van der Waals surface area contributed by atoms with Crippen LogP contribution in [0.2, 0.25) is 5.15 Å². The molecule has 0 aromatic carbocycles. The Morgan fingerprint density at radius 2 is 1.88 bits per heavy atom. The second kappa shape index (κ2) is 8.62. The first kappa shape index (κ1) is 22.7. The molecule has 10 nitrogen and oxygen atoms in total. The van der Waals surface area contributed by atoms with E-state index in [0.717, 1.165) is 19.4 Å². The highest BCUT2D eigenvalue weighted by Crippen LogP contribution is 2.36. The number of nitrogens with zero attached hydrogens (tertiary/aromatic N) is 8. The molecule has 0 spiro atoms. The molecule has 2 saturated heterocycles. The predicted molar refractivity (Wildman–Crippen MR) is 128 cm³/mol. The van der Waals surface area contributed by atoms with E-state index in [1.54, 1.807) is 11.0 Å². The van der Waals surface area contributed by atoms with E-state index >= 15 is 0 Å². The first-order chi connectivity index (χ1) is 16.2. The van der Waals surface area contributed by atoms with Gasteiger partial charge in [-0.05, 0) is 33.0 Å². The summed E-state index contributed by atoms with van der Waals surface area (Å²) in [4.78, 5) is 37.4. The monoisotopic (exact) mass is 488 g/mol. The number of carbonyl (C=O) groups is 1. The summed E-state index contributed by atoms with van der Waals surface area (Å²) in [5.74, 6) is 0.463. The van der Waals surface area contributed by atoms with Crippen molar-refractivity contribution in [2.45, 2.75) is 24.9 Å². The third-order valence-electron chi connectivity index (χ3n) is 6.62. The second-order valence-electron chi connectivity index (χ2n) is 9.21. The van der Waals surface area contributed by atoms with E-state index in [-0.39, 0.29) is 22.8 Å². The van der Waals surface area contributed by atoms with Crippen molar-refractivity contribution in [3.05, 3.63) is 23.2 Å². The van der Waals surface area contributed by atoms with Gasteiger partial charge in [0.2, 0.25) is 5.95 Å². The maximum absolute atomic E-state index is 14.7. The Kier molecular flexibility index (Phi) is 5.76. The van der Waals surface area contributed by atoms with Crippen LogP contribution in [0.25, 0.3) is 21.9 Å². The molecule has 1 unspecified atom stereocenters. The summed E-state index contributed by atoms with van der Waals surface area (Å²) in [5, 5.41) is 10.6. The fourth-order valence-corrected chi connectivity index (χ4v) is 4.99. The fraction of sp³-hybridized carbons (Fsp3) is 0.500. The third-order valence-corrected chi connectivity index (χ3v) is 6.88. The summed E-state index contributed by atoms with van der Waals surface area (Å²) in [6.45, 7) is 2.55. The Bertz CT molecular complexity index is 1260. The van der Waals surface area contributed by atoms with Gasteiger partial charge in [-0.1, -0.05) is 11.6 Å². The summed E-state index contributed by atoms with van der Waals surface area (Å²) in [7, 11) is 5.89. The largest absolute Gasteiger partial charge is 0.465 e. The van der Waals surface area contributed by atoms with E-state index in [1.807, 2.05) is 26.0 Å². The highest BCUT2D eigenvalue weighted by Gasteiger charge is 2.43. The topological polar surface area (TPSA) is 102 Å². The van der Waals surface area contributed by atoms with E-state index in [0.29, 0.717) is 47.8 Å². The third kappa shape index (κ3) is 3.92. The van der Waals surface area contributed by atoms with Crippen molar-refractivity contribution in [2.24, 2.45) is 0 Å². The van der Waals surface area contributed by atoms with E-state index in [4.69, 9.17) is 16.6 Å². The van der Waals surface area contributed by atoms with Crippen molar-refractivity contribution in [2.75, 3.05) is 57.1 Å². The van der Waals surface area contributed by atoms with E-state index in [9.17, 15) is 14.3 Å². The number of carboxylic acid groups (broad SMARTS) is 1. The number of likely N-dealkylation sites (N-methyl/N-ethyl adjacent to an activating group) is 2. The van der Waals surface area contributed by atoms with Crippen molar-refractivity contribution in [1.29, 1.82) is 0 Å². The van der Waals surface area contributed by atoms with Gasteiger partial charge in [0.1, 0.15) is 11.3 Å². The van der Waals surface area contributed by atoms with Gasteiger partial charge in [-0.3, -0.25) is 4.90 Å². The zero-order chi connectivity index (χ0) is 24.1.